The Morgan fingerprint density at radius 2 is 1.46 bits per heavy atom. The Morgan fingerprint density at radius 1 is 0.902 bits per heavy atom. The van der Waals surface area contributed by atoms with E-state index in [2.05, 4.69) is 19.2 Å². The van der Waals surface area contributed by atoms with Gasteiger partial charge in [-0.2, -0.15) is 0 Å². The molecule has 4 saturated heterocycles. The third kappa shape index (κ3) is 8.20. The van der Waals surface area contributed by atoms with Crippen LogP contribution in [0.1, 0.15) is 67.4 Å². The normalized spacial score (nSPS) is 29.8. The van der Waals surface area contributed by atoms with E-state index in [0.717, 1.165) is 18.5 Å². The smallest absolute Gasteiger partial charge is 0.410 e. The maximum Gasteiger partial charge on any atom is 0.410 e. The summed E-state index contributed by atoms with van der Waals surface area (Å²) in [5.41, 5.74) is 0.517. The predicted molar refractivity (Wildman–Crippen MR) is 155 cm³/mol. The Hall–Kier alpha value is -2.69. The molecule has 4 aliphatic heterocycles. The van der Waals surface area contributed by atoms with Gasteiger partial charge in [-0.15, -0.1) is 0 Å². The third-order valence-corrected chi connectivity index (χ3v) is 7.77. The number of nitrogens with one attached hydrogen (secondary N) is 1. The summed E-state index contributed by atoms with van der Waals surface area (Å²) in [6.45, 7) is 13.4. The number of likely N-dealkylation sites (tertiary alicyclic amines) is 1. The molecule has 41 heavy (non-hydrogen) atoms. The molecule has 1 amide bonds. The molecule has 0 spiro atoms. The van der Waals surface area contributed by atoms with Gasteiger partial charge in [0.05, 0.1) is 44.2 Å². The number of ether oxygens (including phenoxy) is 5. The summed E-state index contributed by atoms with van der Waals surface area (Å²) >= 11 is 0. The molecule has 10 nitrogen and oxygen atoms in total. The molecule has 10 heteroatoms. The van der Waals surface area contributed by atoms with Crippen LogP contribution in [0.4, 0.5) is 4.79 Å². The Labute approximate surface area is 245 Å². The van der Waals surface area contributed by atoms with Crippen LogP contribution in [-0.4, -0.2) is 85.7 Å². The van der Waals surface area contributed by atoms with Gasteiger partial charge >= 0.3 is 18.0 Å². The lowest BCUT2D eigenvalue weighted by Crippen LogP contribution is -2.45. The van der Waals surface area contributed by atoms with Crippen LogP contribution in [0.15, 0.2) is 30.3 Å². The van der Waals surface area contributed by atoms with Gasteiger partial charge in [-0.25, -0.2) is 9.59 Å². The van der Waals surface area contributed by atoms with Gasteiger partial charge in [0.2, 0.25) is 0 Å². The van der Waals surface area contributed by atoms with Gasteiger partial charge in [-0.05, 0) is 46.1 Å². The molecule has 0 bridgehead atoms. The first kappa shape index (κ1) is 34.5. The van der Waals surface area contributed by atoms with Crippen molar-refractivity contribution in [2.24, 2.45) is 11.8 Å². The molecule has 0 aliphatic carbocycles. The minimum absolute atomic E-state index is 0. The van der Waals surface area contributed by atoms with Crippen LogP contribution < -0.4 is 5.32 Å². The molecule has 6 atom stereocenters. The number of esters is 2. The summed E-state index contributed by atoms with van der Waals surface area (Å²) in [7, 11) is 2.77. The Balaban J connectivity index is 0.000000295. The average Bonchev–Trinajstić information content (AvgIpc) is 3.64. The summed E-state index contributed by atoms with van der Waals surface area (Å²) in [4.78, 5) is 37.6. The van der Waals surface area contributed by atoms with Gasteiger partial charge in [0.1, 0.15) is 18.7 Å². The van der Waals surface area contributed by atoms with Crippen molar-refractivity contribution in [3.63, 3.8) is 0 Å². The van der Waals surface area contributed by atoms with Gasteiger partial charge in [0, 0.05) is 18.4 Å². The van der Waals surface area contributed by atoms with Gasteiger partial charge in [-0.1, -0.05) is 51.6 Å². The summed E-state index contributed by atoms with van der Waals surface area (Å²) in [5.74, 6) is -0.367. The van der Waals surface area contributed by atoms with E-state index in [9.17, 15) is 14.4 Å². The van der Waals surface area contributed by atoms with E-state index in [1.54, 1.807) is 0 Å². The van der Waals surface area contributed by atoms with Crippen LogP contribution in [0.2, 0.25) is 0 Å². The number of benzene rings is 1. The van der Waals surface area contributed by atoms with Crippen LogP contribution in [0.3, 0.4) is 0 Å². The Bertz CT molecular complexity index is 1010. The Kier molecular flexibility index (Phi) is 12.2. The highest BCUT2D eigenvalue weighted by atomic mass is 16.6. The van der Waals surface area contributed by atoms with Crippen LogP contribution in [-0.2, 0) is 39.9 Å². The second kappa shape index (κ2) is 14.5. The first-order valence-electron chi connectivity index (χ1n) is 14.2. The fourth-order valence-corrected chi connectivity index (χ4v) is 6.23. The molecule has 0 radical (unpaired) electrons. The van der Waals surface area contributed by atoms with E-state index in [1.807, 2.05) is 58.0 Å². The average molecular weight is 579 g/mol. The summed E-state index contributed by atoms with van der Waals surface area (Å²) in [6.07, 6.45) is 1.14. The number of fused-ring (bicyclic) bond motifs is 2. The molecule has 5 rings (SSSR count). The second-order valence-corrected chi connectivity index (χ2v) is 11.6. The molecule has 4 aliphatic rings. The van der Waals surface area contributed by atoms with Crippen LogP contribution in [0, 0.1) is 11.8 Å². The molecule has 4 fully saturated rings. The first-order chi connectivity index (χ1) is 18.9. The molecule has 1 aromatic rings. The monoisotopic (exact) mass is 578 g/mol. The number of amides is 1. The second-order valence-electron chi connectivity index (χ2n) is 11.6. The van der Waals surface area contributed by atoms with Crippen molar-refractivity contribution in [1.82, 2.24) is 10.2 Å². The topological polar surface area (TPSA) is 113 Å². The van der Waals surface area contributed by atoms with Crippen LogP contribution >= 0.6 is 0 Å². The van der Waals surface area contributed by atoms with Crippen molar-refractivity contribution >= 4 is 18.0 Å². The number of hydrogen-bond donors (Lipinski definition) is 1. The molecule has 0 aromatic heterocycles. The minimum Gasteiger partial charge on any atom is -0.468 e. The van der Waals surface area contributed by atoms with Gasteiger partial charge in [0.25, 0.3) is 0 Å². The van der Waals surface area contributed by atoms with Gasteiger partial charge in [-0.3, -0.25) is 9.69 Å². The van der Waals surface area contributed by atoms with E-state index in [-0.39, 0.29) is 61.3 Å². The predicted octanol–water partition coefficient (Wildman–Crippen LogP) is 4.34. The number of nitrogens with zero attached hydrogens (tertiary/aromatic N) is 1. The fourth-order valence-electron chi connectivity index (χ4n) is 6.23. The van der Waals surface area contributed by atoms with Crippen molar-refractivity contribution in [2.45, 2.75) is 104 Å². The molecule has 232 valence electrons. The highest BCUT2D eigenvalue weighted by Crippen LogP contribution is 2.43. The lowest BCUT2D eigenvalue weighted by Gasteiger charge is -2.27. The number of carbonyl (C=O) groups is 3. The first-order valence-corrected chi connectivity index (χ1v) is 14.2. The zero-order valence-electron chi connectivity index (χ0n) is 25.1. The van der Waals surface area contributed by atoms with E-state index >= 15 is 0 Å². The van der Waals surface area contributed by atoms with E-state index in [4.69, 9.17) is 23.7 Å². The van der Waals surface area contributed by atoms with Crippen molar-refractivity contribution in [1.29, 1.82) is 0 Å². The van der Waals surface area contributed by atoms with Crippen molar-refractivity contribution in [3.8, 4) is 0 Å². The van der Waals surface area contributed by atoms with Gasteiger partial charge < -0.3 is 29.0 Å². The SMILES string of the molecule is C.CC.COC(=O)[C@@H]1[C@H]2CC(C)(C)OC2CN1C(=O)OCc1ccccc1.COC(=O)[C@H]1NCC2OC(C)(C)C[C@@H]21. The van der Waals surface area contributed by atoms with E-state index < -0.39 is 18.1 Å². The number of hydrogen-bond acceptors (Lipinski definition) is 9. The molecule has 2 unspecified atom stereocenters. The molecular weight excluding hydrogens is 528 g/mol. The zero-order chi connectivity index (χ0) is 29.7. The standard InChI is InChI=1S/C18H23NO5.C10H17NO3.C2H6.CH4/c1-18(2)9-13-14(24-18)10-19(15(13)16(20)22-3)17(21)23-11-12-7-5-4-6-8-12;1-10(2)4-6-7(14-10)5-11-8(6)9(12)13-3;1-2;/h4-8,13-15H,9-11H2,1-3H3;6-8,11H,4-5H2,1-3H3;1-2H3;1H4/t13-,14?,15-;6-,7?,8-;;/m00../s1. The van der Waals surface area contributed by atoms with E-state index in [0.29, 0.717) is 13.0 Å². The number of rotatable bonds is 4. The minimum atomic E-state index is -0.648. The van der Waals surface area contributed by atoms with Crippen LogP contribution in [0.25, 0.3) is 0 Å². The third-order valence-electron chi connectivity index (χ3n) is 7.77. The lowest BCUT2D eigenvalue weighted by atomic mass is 9.90. The molecule has 1 N–H and O–H groups in total. The highest BCUT2D eigenvalue weighted by molar-refractivity contribution is 5.83. The summed E-state index contributed by atoms with van der Waals surface area (Å²) in [5, 5.41) is 3.15. The zero-order valence-corrected chi connectivity index (χ0v) is 25.1. The highest BCUT2D eigenvalue weighted by Gasteiger charge is 2.56. The quantitative estimate of drug-likeness (QED) is 0.412. The number of carbonyl (C=O) groups excluding carboxylic acids is 3. The molecule has 4 heterocycles. The van der Waals surface area contributed by atoms with Gasteiger partial charge in [0.15, 0.2) is 0 Å². The maximum atomic E-state index is 12.5. The van der Waals surface area contributed by atoms with E-state index in [1.165, 1.54) is 19.1 Å². The summed E-state index contributed by atoms with van der Waals surface area (Å²) < 4.78 is 26.9. The van der Waals surface area contributed by atoms with Crippen LogP contribution in [0.5, 0.6) is 0 Å². The lowest BCUT2D eigenvalue weighted by molar-refractivity contribution is -0.147. The van der Waals surface area contributed by atoms with Crippen molar-refractivity contribution in [3.05, 3.63) is 35.9 Å². The van der Waals surface area contributed by atoms with Crippen molar-refractivity contribution in [2.75, 3.05) is 27.3 Å². The summed E-state index contributed by atoms with van der Waals surface area (Å²) in [6, 6.07) is 8.62. The maximum absolute atomic E-state index is 12.5. The number of methoxy groups -OCH3 is 2. The molecule has 1 aromatic carbocycles. The molecular formula is C31H50N2O8. The molecule has 0 saturated carbocycles. The largest absolute Gasteiger partial charge is 0.468 e. The Morgan fingerprint density at radius 3 is 2.05 bits per heavy atom. The van der Waals surface area contributed by atoms with Crippen molar-refractivity contribution < 1.29 is 38.1 Å². The fraction of sp³-hybridized carbons (Fsp3) is 0.710.